The second-order valence-electron chi connectivity index (χ2n) is 18.9. The predicted molar refractivity (Wildman–Crippen MR) is 285 cm³/mol. The van der Waals surface area contributed by atoms with Gasteiger partial charge in [-0.15, -0.1) is 10.2 Å². The third kappa shape index (κ3) is 14.4. The fourth-order valence-electron chi connectivity index (χ4n) is 8.85. The molecule has 81 heavy (non-hydrogen) atoms. The van der Waals surface area contributed by atoms with Crippen LogP contribution >= 0.6 is 0 Å². The number of hydrogen-bond donors (Lipinski definition) is 3. The number of aromatic nitrogens is 10. The van der Waals surface area contributed by atoms with Crippen molar-refractivity contribution >= 4 is 40.8 Å². The second kappa shape index (κ2) is 26.4. The molecular formula is C56H58F2N14O9. The molecule has 0 aliphatic heterocycles. The van der Waals surface area contributed by atoms with Gasteiger partial charge in [-0.3, -0.25) is 14.4 Å². The molecule has 23 nitrogen and oxygen atoms in total. The average molecular weight is 1110 g/mol. The molecule has 0 spiro atoms. The van der Waals surface area contributed by atoms with Crippen LogP contribution in [-0.4, -0.2) is 105 Å². The van der Waals surface area contributed by atoms with Crippen LogP contribution in [0.1, 0.15) is 136 Å². The molecule has 0 unspecified atom stereocenters. The summed E-state index contributed by atoms with van der Waals surface area (Å²) >= 11 is 0. The number of nitrogens with one attached hydrogen (secondary N) is 1. The molecule has 2 saturated carbocycles. The summed E-state index contributed by atoms with van der Waals surface area (Å²) in [6.07, 6.45) is 17.2. The molecule has 420 valence electrons. The van der Waals surface area contributed by atoms with Crippen molar-refractivity contribution in [1.29, 1.82) is 5.26 Å². The molecule has 0 saturated heterocycles. The van der Waals surface area contributed by atoms with Crippen LogP contribution in [0.5, 0.6) is 11.5 Å². The molecule has 1 amide bonds. The average Bonchev–Trinajstić information content (AvgIpc) is 4.43. The number of benzene rings is 2. The topological polar surface area (TPSA) is 288 Å². The fraction of sp³-hybridized carbons (Fsp3) is 0.357. The van der Waals surface area contributed by atoms with E-state index < -0.39 is 23.5 Å². The van der Waals surface area contributed by atoms with Gasteiger partial charge in [0.15, 0.2) is 40.2 Å². The Morgan fingerprint density at radius 3 is 1.69 bits per heavy atom. The van der Waals surface area contributed by atoms with Crippen LogP contribution in [0.2, 0.25) is 0 Å². The maximum atomic E-state index is 14.6. The van der Waals surface area contributed by atoms with Crippen molar-refractivity contribution in [3.05, 3.63) is 158 Å². The Kier molecular flexibility index (Phi) is 18.7. The number of halogens is 2. The van der Waals surface area contributed by atoms with Crippen LogP contribution < -0.4 is 20.5 Å². The van der Waals surface area contributed by atoms with E-state index in [-0.39, 0.29) is 83.3 Å². The van der Waals surface area contributed by atoms with Crippen molar-refractivity contribution in [2.24, 2.45) is 5.73 Å². The molecule has 2 aliphatic rings. The summed E-state index contributed by atoms with van der Waals surface area (Å²) in [5.41, 5.74) is 13.3. The number of aryl methyl sites for hydroxylation is 2. The standard InChI is InChI=1S/C28H28FN7O4.C19H21N5O4.C9H9FN2O/c1-4-40-25(37)10-7-18-11-19(17-5-6-17)13-35-14-20(32-27(18)35)15-36-16-23(33-34-36)28(38)31-12-21-22(30-2)8-9-24(39-3)26(21)29;1-2-28-17(25)6-5-13-7-14(12-3-4-12)8-23-9-15(20-18(13)23)10-24-11-16(19(26)27)21-22-24;1-13-8-3-2-6(4-11)7(5-12)9(8)10/h8-9,11,13-14,16-17H,4-7,10,12,15H2,1,3H3,(H,31,38);7-9,11-12H,2-6,10H2,1H3,(H,26,27);2-3H,5,12H2,1H3. The normalized spacial score (nSPS) is 12.6. The van der Waals surface area contributed by atoms with Gasteiger partial charge in [0, 0.05) is 61.8 Å². The Morgan fingerprint density at radius 2 is 1.25 bits per heavy atom. The number of carboxylic acids is 1. The Hall–Kier alpha value is -9.62. The summed E-state index contributed by atoms with van der Waals surface area (Å²) < 4.78 is 54.8. The minimum atomic E-state index is -1.11. The quantitative estimate of drug-likeness (QED) is 0.0474. The Balaban J connectivity index is 0.000000181. The maximum Gasteiger partial charge on any atom is 0.358 e. The molecule has 0 radical (unpaired) electrons. The van der Waals surface area contributed by atoms with Crippen molar-refractivity contribution in [3.8, 4) is 17.6 Å². The predicted octanol–water partition coefficient (Wildman–Crippen LogP) is 7.19. The minimum Gasteiger partial charge on any atom is -0.494 e. The number of carbonyl (C=O) groups is 4. The minimum absolute atomic E-state index is 0.00801. The van der Waals surface area contributed by atoms with Gasteiger partial charge in [-0.2, -0.15) is 5.26 Å². The van der Waals surface area contributed by atoms with E-state index in [0.29, 0.717) is 56.6 Å². The molecule has 2 aromatic carbocycles. The van der Waals surface area contributed by atoms with Gasteiger partial charge in [-0.1, -0.05) is 28.6 Å². The first-order chi connectivity index (χ1) is 39.2. The Labute approximate surface area is 463 Å². The van der Waals surface area contributed by atoms with E-state index in [9.17, 15) is 28.0 Å². The number of nitrogens with two attached hydrogens (primary N) is 1. The summed E-state index contributed by atoms with van der Waals surface area (Å²) in [6, 6.07) is 11.8. The number of ether oxygens (including phenoxy) is 4. The number of nitriles is 1. The first-order valence-corrected chi connectivity index (χ1v) is 26.0. The molecule has 2 fully saturated rings. The summed E-state index contributed by atoms with van der Waals surface area (Å²) in [7, 11) is 2.70. The van der Waals surface area contributed by atoms with E-state index >= 15 is 0 Å². The van der Waals surface area contributed by atoms with E-state index in [1.807, 2.05) is 27.3 Å². The Bertz CT molecular complexity index is 3700. The lowest BCUT2D eigenvalue weighted by molar-refractivity contribution is -0.144. The number of pyridine rings is 2. The monoisotopic (exact) mass is 1110 g/mol. The molecule has 6 aromatic heterocycles. The molecule has 0 bridgehead atoms. The van der Waals surface area contributed by atoms with Gasteiger partial charge in [-0.05, 0) is 105 Å². The SMILES string of the molecule is CCOC(=O)CCc1cc(C2CC2)cn2cc(Cn3cc(C(=O)O)nn3)nc12.COc1ccc(C#N)c(CN)c1F.[C-]#[N+]c1ccc(OC)c(F)c1CNC(=O)c1cn(Cc2cn3cc(C4CC4)cc(CCC(=O)OCC)c3n2)nn1. The molecule has 8 aromatic rings. The molecule has 2 aliphatic carbocycles. The number of imidazole rings is 2. The van der Waals surface area contributed by atoms with E-state index in [0.717, 1.165) is 41.0 Å². The molecule has 10 rings (SSSR count). The highest BCUT2D eigenvalue weighted by Gasteiger charge is 2.27. The fourth-order valence-corrected chi connectivity index (χ4v) is 8.85. The first kappa shape index (κ1) is 57.6. The first-order valence-electron chi connectivity index (χ1n) is 26.0. The third-order valence-corrected chi connectivity index (χ3v) is 13.2. The van der Waals surface area contributed by atoms with Crippen LogP contribution in [0.3, 0.4) is 0 Å². The zero-order chi connectivity index (χ0) is 57.7. The lowest BCUT2D eigenvalue weighted by atomic mass is 10.1. The number of nitrogens with zero attached hydrogens (tertiary/aromatic N) is 12. The van der Waals surface area contributed by atoms with Gasteiger partial charge in [-0.25, -0.2) is 37.8 Å². The maximum absolute atomic E-state index is 14.6. The van der Waals surface area contributed by atoms with E-state index in [1.54, 1.807) is 13.8 Å². The highest BCUT2D eigenvalue weighted by Crippen LogP contribution is 2.42. The molecule has 25 heteroatoms. The zero-order valence-electron chi connectivity index (χ0n) is 44.9. The number of fused-ring (bicyclic) bond motifs is 2. The van der Waals surface area contributed by atoms with Crippen LogP contribution in [0.4, 0.5) is 14.5 Å². The van der Waals surface area contributed by atoms with Crippen molar-refractivity contribution in [2.75, 3.05) is 27.4 Å². The number of aromatic carboxylic acids is 1. The van der Waals surface area contributed by atoms with Crippen molar-refractivity contribution in [3.63, 3.8) is 0 Å². The third-order valence-electron chi connectivity index (χ3n) is 13.2. The highest BCUT2D eigenvalue weighted by molar-refractivity contribution is 5.92. The number of rotatable bonds is 21. The van der Waals surface area contributed by atoms with Gasteiger partial charge >= 0.3 is 17.9 Å². The molecular weight excluding hydrogens is 1050 g/mol. The largest absolute Gasteiger partial charge is 0.494 e. The van der Waals surface area contributed by atoms with Gasteiger partial charge in [0.1, 0.15) is 11.3 Å². The number of esters is 2. The van der Waals surface area contributed by atoms with Crippen molar-refractivity contribution < 1.29 is 52.0 Å². The summed E-state index contributed by atoms with van der Waals surface area (Å²) in [5.74, 6) is -2.17. The number of methoxy groups -OCH3 is 2. The lowest BCUT2D eigenvalue weighted by Gasteiger charge is -2.10. The Morgan fingerprint density at radius 1 is 0.753 bits per heavy atom. The van der Waals surface area contributed by atoms with Gasteiger partial charge < -0.3 is 43.9 Å². The van der Waals surface area contributed by atoms with Crippen molar-refractivity contribution in [1.82, 2.24) is 54.1 Å². The number of carbonyl (C=O) groups excluding carboxylic acids is 3. The van der Waals surface area contributed by atoms with Crippen LogP contribution in [-0.2, 0) is 58.1 Å². The van der Waals surface area contributed by atoms with E-state index in [4.69, 9.17) is 46.6 Å². The van der Waals surface area contributed by atoms with Crippen LogP contribution in [0.15, 0.2) is 73.6 Å². The number of amides is 1. The summed E-state index contributed by atoms with van der Waals surface area (Å²) in [5, 5.41) is 35.6. The highest BCUT2D eigenvalue weighted by atomic mass is 19.1. The second-order valence-corrected chi connectivity index (χ2v) is 18.9. The van der Waals surface area contributed by atoms with Gasteiger partial charge in [0.05, 0.1) is 82.5 Å². The smallest absolute Gasteiger partial charge is 0.358 e. The number of carboxylic acid groups (broad SMARTS) is 1. The van der Waals surface area contributed by atoms with E-state index in [1.165, 1.54) is 84.2 Å². The molecule has 4 N–H and O–H groups in total. The van der Waals surface area contributed by atoms with Crippen LogP contribution in [0, 0.1) is 29.5 Å². The summed E-state index contributed by atoms with van der Waals surface area (Å²) in [6.45, 7) is 11.9. The lowest BCUT2D eigenvalue weighted by Crippen LogP contribution is -2.24. The molecule has 0 atom stereocenters. The number of hydrogen-bond acceptors (Lipinski definition) is 16. The van der Waals surface area contributed by atoms with Crippen LogP contribution in [0.25, 0.3) is 16.1 Å². The van der Waals surface area contributed by atoms with Crippen molar-refractivity contribution in [2.45, 2.75) is 103 Å². The van der Waals surface area contributed by atoms with Gasteiger partial charge in [0.25, 0.3) is 5.91 Å². The zero-order valence-corrected chi connectivity index (χ0v) is 44.9. The van der Waals surface area contributed by atoms with E-state index in [2.05, 4.69) is 60.3 Å². The molecule has 6 heterocycles. The summed E-state index contributed by atoms with van der Waals surface area (Å²) in [4.78, 5) is 60.2. The van der Waals surface area contributed by atoms with Gasteiger partial charge in [0.2, 0.25) is 0 Å².